The van der Waals surface area contributed by atoms with E-state index in [0.29, 0.717) is 38.0 Å². The maximum Gasteiger partial charge on any atom is 0.407 e. The summed E-state index contributed by atoms with van der Waals surface area (Å²) in [6.07, 6.45) is 1.24. The normalized spacial score (nSPS) is 25.4. The van der Waals surface area contributed by atoms with Gasteiger partial charge in [0.05, 0.1) is 19.8 Å². The van der Waals surface area contributed by atoms with Crippen LogP contribution in [0.25, 0.3) is 0 Å². The van der Waals surface area contributed by atoms with E-state index in [0.717, 1.165) is 15.9 Å². The van der Waals surface area contributed by atoms with Crippen LogP contribution in [-0.2, 0) is 34.2 Å². The van der Waals surface area contributed by atoms with Gasteiger partial charge in [-0.1, -0.05) is 0 Å². The number of hydrogen-bond donors (Lipinski definition) is 1. The van der Waals surface area contributed by atoms with Gasteiger partial charge >= 0.3 is 6.09 Å². The summed E-state index contributed by atoms with van der Waals surface area (Å²) in [6.45, 7) is 16.4. The van der Waals surface area contributed by atoms with Crippen LogP contribution in [0.3, 0.4) is 0 Å². The highest BCUT2D eigenvalue weighted by Gasteiger charge is 2.48. The van der Waals surface area contributed by atoms with Gasteiger partial charge in [-0.3, -0.25) is 9.08 Å². The minimum Gasteiger partial charge on any atom is -0.442 e. The summed E-state index contributed by atoms with van der Waals surface area (Å²) in [5.74, 6) is 0.409. The molecule has 13 heteroatoms. The third kappa shape index (κ3) is 9.78. The quantitative estimate of drug-likeness (QED) is 0.266. The number of nitrogens with zero attached hydrogens (tertiary/aromatic N) is 3. The van der Waals surface area contributed by atoms with Crippen LogP contribution in [0.15, 0.2) is 0 Å². The van der Waals surface area contributed by atoms with Gasteiger partial charge in [0.1, 0.15) is 6.10 Å². The summed E-state index contributed by atoms with van der Waals surface area (Å²) in [4.78, 5) is 14.8. The van der Waals surface area contributed by atoms with Gasteiger partial charge in [0.2, 0.25) is 10.1 Å². The Hall–Kier alpha value is -0.510. The number of carbonyl (C=O) groups excluding carboxylic acids is 1. The second kappa shape index (κ2) is 13.6. The molecule has 2 aliphatic rings. The molecular weight excluding hydrogens is 544 g/mol. The van der Waals surface area contributed by atoms with Crippen LogP contribution in [-0.4, -0.2) is 105 Å². The molecule has 2 heterocycles. The van der Waals surface area contributed by atoms with Crippen molar-refractivity contribution in [1.29, 1.82) is 0 Å². The summed E-state index contributed by atoms with van der Waals surface area (Å²) in [5, 5.41) is 30.7. The van der Waals surface area contributed by atoms with Crippen molar-refractivity contribution in [3.63, 3.8) is 0 Å². The Morgan fingerprint density at radius 1 is 0.974 bits per heavy atom. The molecule has 0 bridgehead atoms. The zero-order valence-corrected chi connectivity index (χ0v) is 27.0. The second-order valence-electron chi connectivity index (χ2n) is 13.4. The Morgan fingerprint density at radius 3 is 1.95 bits per heavy atom. The molecule has 2 unspecified atom stereocenters. The first-order valence-corrected chi connectivity index (χ1v) is 16.2. The predicted octanol–water partition coefficient (Wildman–Crippen LogP) is 3.72. The van der Waals surface area contributed by atoms with Crippen molar-refractivity contribution >= 4 is 27.0 Å². The van der Waals surface area contributed by atoms with E-state index in [-0.39, 0.29) is 25.3 Å². The number of hydrogen-bond acceptors (Lipinski definition) is 9. The molecule has 0 aromatic heterocycles. The molecule has 1 amide bonds. The highest BCUT2D eigenvalue weighted by atomic mass is 33.1. The molecule has 2 fully saturated rings. The summed E-state index contributed by atoms with van der Waals surface area (Å²) < 4.78 is 28.2. The zero-order chi connectivity index (χ0) is 29.8. The maximum atomic E-state index is 12.8. The fourth-order valence-corrected chi connectivity index (χ4v) is 7.52. The molecule has 228 valence electrons. The first-order valence-electron chi connectivity index (χ1n) is 13.6. The fraction of sp³-hybridized carbons (Fsp3) is 0.962. The summed E-state index contributed by atoms with van der Waals surface area (Å²) in [6, 6.07) is 0.122. The molecular formula is C26H50N4O7S2. The van der Waals surface area contributed by atoms with E-state index in [4.69, 9.17) is 13.7 Å². The minimum absolute atomic E-state index is 0.122. The van der Waals surface area contributed by atoms with Crippen molar-refractivity contribution in [3.8, 4) is 0 Å². The summed E-state index contributed by atoms with van der Waals surface area (Å²) in [7, 11) is 2.98. The number of carbonyl (C=O) groups is 1. The van der Waals surface area contributed by atoms with Gasteiger partial charge in [-0.05, 0) is 98.9 Å². The van der Waals surface area contributed by atoms with E-state index in [1.165, 1.54) is 12.2 Å². The molecule has 39 heavy (non-hydrogen) atoms. The Balaban J connectivity index is 2.07. The van der Waals surface area contributed by atoms with Crippen molar-refractivity contribution in [1.82, 2.24) is 20.3 Å². The molecule has 0 aliphatic carbocycles. The Morgan fingerprint density at radius 2 is 1.46 bits per heavy atom. The Bertz CT molecular complexity index is 807. The van der Waals surface area contributed by atoms with Crippen molar-refractivity contribution < 1.29 is 33.1 Å². The monoisotopic (exact) mass is 594 g/mol. The van der Waals surface area contributed by atoms with E-state index in [1.54, 1.807) is 0 Å². The molecule has 0 saturated carbocycles. The zero-order valence-electron chi connectivity index (χ0n) is 25.4. The van der Waals surface area contributed by atoms with Gasteiger partial charge in [0.15, 0.2) is 0 Å². The van der Waals surface area contributed by atoms with Crippen LogP contribution in [0.5, 0.6) is 0 Å². The third-order valence-corrected chi connectivity index (χ3v) is 10.0. The molecule has 0 aromatic carbocycles. The first-order chi connectivity index (χ1) is 17.8. The van der Waals surface area contributed by atoms with Gasteiger partial charge in [-0.25, -0.2) is 9.00 Å². The lowest BCUT2D eigenvalue weighted by molar-refractivity contribution is -0.302. The largest absolute Gasteiger partial charge is 0.442 e. The fourth-order valence-electron chi connectivity index (χ4n) is 6.15. The number of rotatable bonds is 12. The first kappa shape index (κ1) is 34.7. The number of likely N-dealkylation sites (N-methyl/N-ethyl adjacent to an activating group) is 1. The number of hydroxylamine groups is 4. The molecule has 2 rings (SSSR count). The molecule has 2 atom stereocenters. The minimum atomic E-state index is -1.45. The van der Waals surface area contributed by atoms with Gasteiger partial charge < -0.3 is 14.8 Å². The molecule has 1 N–H and O–H groups in total. The average molecular weight is 595 g/mol. The molecule has 0 aromatic rings. The number of amides is 1. The number of nitrogens with one attached hydrogen (secondary N) is 1. The second-order valence-corrected chi connectivity index (χ2v) is 16.3. The smallest absolute Gasteiger partial charge is 0.407 e. The van der Waals surface area contributed by atoms with Crippen LogP contribution < -0.4 is 5.32 Å². The standard InChI is InChI=1S/C26H50N4O7S2/c1-23(2)13-19(14-24(3,4)29(23)32)28(9)17-21(37-22(31)27-11-12-38-39(34)35-10)18-36-20-15-25(5,6)30(33)26(7,8)16-20/h19-21H,11-18H2,1-10H3,(H,27,31). The van der Waals surface area contributed by atoms with E-state index in [2.05, 4.69) is 10.2 Å². The van der Waals surface area contributed by atoms with Crippen LogP contribution in [0.1, 0.15) is 81.1 Å². The maximum absolute atomic E-state index is 12.8. The average Bonchev–Trinajstić information content (AvgIpc) is 2.81. The van der Waals surface area contributed by atoms with Crippen LogP contribution in [0.2, 0.25) is 0 Å². The van der Waals surface area contributed by atoms with Crippen LogP contribution >= 0.6 is 10.8 Å². The topological polar surface area (TPSA) is 123 Å². The molecule has 11 nitrogen and oxygen atoms in total. The highest BCUT2D eigenvalue weighted by Crippen LogP contribution is 2.40. The van der Waals surface area contributed by atoms with Gasteiger partial charge in [-0.15, -0.1) is 20.5 Å². The van der Waals surface area contributed by atoms with Gasteiger partial charge in [-0.2, -0.15) is 0 Å². The lowest BCUT2D eigenvalue weighted by atomic mass is 9.78. The van der Waals surface area contributed by atoms with Crippen molar-refractivity contribution in [2.75, 3.05) is 39.6 Å². The van der Waals surface area contributed by atoms with Gasteiger partial charge in [0.25, 0.3) is 0 Å². The van der Waals surface area contributed by atoms with Gasteiger partial charge in [0, 0.05) is 47.0 Å². The summed E-state index contributed by atoms with van der Waals surface area (Å²) in [5.41, 5.74) is -2.18. The van der Waals surface area contributed by atoms with Crippen molar-refractivity contribution in [2.24, 2.45) is 0 Å². The van der Waals surface area contributed by atoms with Crippen molar-refractivity contribution in [3.05, 3.63) is 0 Å². The molecule has 2 saturated heterocycles. The molecule has 2 radical (unpaired) electrons. The number of alkyl carbamates (subject to hydrolysis) is 1. The van der Waals surface area contributed by atoms with Crippen molar-refractivity contribution in [2.45, 2.75) is 121 Å². The lowest BCUT2D eigenvalue weighted by Crippen LogP contribution is -2.62. The Labute approximate surface area is 241 Å². The van der Waals surface area contributed by atoms with E-state index in [1.807, 2.05) is 62.4 Å². The number of piperidine rings is 2. The van der Waals surface area contributed by atoms with Crippen LogP contribution in [0, 0.1) is 0 Å². The van der Waals surface area contributed by atoms with E-state index in [9.17, 15) is 19.4 Å². The Kier molecular flexibility index (Phi) is 12.1. The lowest BCUT2D eigenvalue weighted by Gasteiger charge is -2.52. The van der Waals surface area contributed by atoms with E-state index >= 15 is 0 Å². The SMILES string of the molecule is COS(=O)SCCNC(=O)OC(COC1CC(C)(C)N([O])C(C)(C)C1)CN(C)C1CC(C)(C)N([O])C(C)(C)C1. The predicted molar refractivity (Wildman–Crippen MR) is 152 cm³/mol. The summed E-state index contributed by atoms with van der Waals surface area (Å²) >= 11 is 0. The third-order valence-electron chi connectivity index (χ3n) is 7.72. The number of ether oxygens (including phenoxy) is 2. The van der Waals surface area contributed by atoms with Crippen LogP contribution in [0.4, 0.5) is 4.79 Å². The highest BCUT2D eigenvalue weighted by molar-refractivity contribution is 8.67. The van der Waals surface area contributed by atoms with E-state index < -0.39 is 44.5 Å². The molecule has 0 spiro atoms. The molecule has 2 aliphatic heterocycles.